The van der Waals surface area contributed by atoms with Crippen molar-refractivity contribution in [3.63, 3.8) is 0 Å². The first-order chi connectivity index (χ1) is 8.75. The molecule has 0 saturated carbocycles. The molecule has 0 atom stereocenters. The number of nitrogen functional groups attached to an aromatic ring is 1. The number of anilines is 1. The molecule has 0 bridgehead atoms. The van der Waals surface area contributed by atoms with Gasteiger partial charge in [-0.1, -0.05) is 13.8 Å². The van der Waals surface area contributed by atoms with E-state index in [0.717, 1.165) is 0 Å². The molecule has 1 aromatic carbocycles. The van der Waals surface area contributed by atoms with Crippen LogP contribution >= 0.6 is 0 Å². The summed E-state index contributed by atoms with van der Waals surface area (Å²) >= 11 is 0. The van der Waals surface area contributed by atoms with Gasteiger partial charge in [-0.3, -0.25) is 0 Å². The molecule has 19 heavy (non-hydrogen) atoms. The predicted molar refractivity (Wildman–Crippen MR) is 72.4 cm³/mol. The summed E-state index contributed by atoms with van der Waals surface area (Å²) in [5, 5.41) is 9.13. The van der Waals surface area contributed by atoms with Gasteiger partial charge in [-0.05, 0) is 37.0 Å². The zero-order chi connectivity index (χ0) is 14.7. The maximum absolute atomic E-state index is 12.0. The van der Waals surface area contributed by atoms with Crippen molar-refractivity contribution in [2.75, 3.05) is 12.3 Å². The van der Waals surface area contributed by atoms with Crippen LogP contribution in [0.2, 0.25) is 0 Å². The summed E-state index contributed by atoms with van der Waals surface area (Å²) in [7, 11) is 0. The molecule has 3 N–H and O–H groups in total. The van der Waals surface area contributed by atoms with Crippen molar-refractivity contribution in [2.45, 2.75) is 27.7 Å². The van der Waals surface area contributed by atoms with E-state index >= 15 is 0 Å². The van der Waals surface area contributed by atoms with Gasteiger partial charge in [0.15, 0.2) is 0 Å². The molecule has 1 aromatic rings. The summed E-state index contributed by atoms with van der Waals surface area (Å²) < 4.78 is 5.15. The Morgan fingerprint density at radius 1 is 1.32 bits per heavy atom. The van der Waals surface area contributed by atoms with E-state index in [1.807, 2.05) is 13.8 Å². The van der Waals surface area contributed by atoms with Crippen LogP contribution < -0.4 is 5.73 Å². The Bertz CT molecular complexity index is 521. The van der Waals surface area contributed by atoms with Crippen LogP contribution in [0.4, 0.5) is 5.69 Å². The minimum Gasteiger partial charge on any atom is -0.478 e. The van der Waals surface area contributed by atoms with Crippen molar-refractivity contribution < 1.29 is 19.4 Å². The van der Waals surface area contributed by atoms with E-state index < -0.39 is 11.9 Å². The molecule has 0 unspecified atom stereocenters. The number of benzene rings is 1. The number of esters is 1. The van der Waals surface area contributed by atoms with E-state index in [0.29, 0.717) is 17.7 Å². The lowest BCUT2D eigenvalue weighted by atomic mass is 9.96. The number of aryl methyl sites for hydroxylation is 1. The molecule has 0 radical (unpaired) electrons. The second-order valence-corrected chi connectivity index (χ2v) is 4.96. The summed E-state index contributed by atoms with van der Waals surface area (Å²) in [6, 6.07) is 1.49. The molecule has 5 nitrogen and oxygen atoms in total. The summed E-state index contributed by atoms with van der Waals surface area (Å²) in [5.74, 6) is -1.43. The standard InChI is InChI=1S/C14H19NO4/c1-7(2)6-19-14(18)11-8(3)5-10(15)12(9(11)4)13(16)17/h5,7H,6,15H2,1-4H3,(H,16,17). The molecule has 0 fully saturated rings. The van der Waals surface area contributed by atoms with Crippen LogP contribution in [-0.4, -0.2) is 23.7 Å². The first-order valence-corrected chi connectivity index (χ1v) is 6.05. The highest BCUT2D eigenvalue weighted by atomic mass is 16.5. The number of carbonyl (C=O) groups is 2. The first-order valence-electron chi connectivity index (χ1n) is 6.05. The summed E-state index contributed by atoms with van der Waals surface area (Å²) in [5.41, 5.74) is 7.05. The molecule has 0 aromatic heterocycles. The second-order valence-electron chi connectivity index (χ2n) is 4.96. The van der Waals surface area contributed by atoms with Crippen molar-refractivity contribution in [1.29, 1.82) is 0 Å². The van der Waals surface area contributed by atoms with Crippen molar-refractivity contribution in [2.24, 2.45) is 5.92 Å². The van der Waals surface area contributed by atoms with Crippen LogP contribution in [0.1, 0.15) is 45.7 Å². The summed E-state index contributed by atoms with van der Waals surface area (Å²) in [4.78, 5) is 23.2. The van der Waals surface area contributed by atoms with Crippen LogP contribution in [0.5, 0.6) is 0 Å². The zero-order valence-corrected chi connectivity index (χ0v) is 11.6. The van der Waals surface area contributed by atoms with Gasteiger partial charge in [-0.25, -0.2) is 9.59 Å². The van der Waals surface area contributed by atoms with Gasteiger partial charge in [0.25, 0.3) is 0 Å². The molecule has 0 aliphatic heterocycles. The van der Waals surface area contributed by atoms with Crippen LogP contribution in [0.3, 0.4) is 0 Å². The molecular weight excluding hydrogens is 246 g/mol. The third-order valence-corrected chi connectivity index (χ3v) is 2.77. The number of aromatic carboxylic acids is 1. The number of rotatable bonds is 4. The highest BCUT2D eigenvalue weighted by Crippen LogP contribution is 2.25. The normalized spacial score (nSPS) is 10.6. The second kappa shape index (κ2) is 5.73. The van der Waals surface area contributed by atoms with Gasteiger partial charge in [-0.2, -0.15) is 0 Å². The fourth-order valence-electron chi connectivity index (χ4n) is 1.93. The summed E-state index contributed by atoms with van der Waals surface area (Å²) in [6.07, 6.45) is 0. The smallest absolute Gasteiger partial charge is 0.338 e. The van der Waals surface area contributed by atoms with E-state index in [1.165, 1.54) is 6.07 Å². The maximum atomic E-state index is 12.0. The Balaban J connectivity index is 3.24. The Kier molecular flexibility index (Phi) is 4.53. The van der Waals surface area contributed by atoms with Crippen LogP contribution in [-0.2, 0) is 4.74 Å². The average Bonchev–Trinajstić information content (AvgIpc) is 2.24. The van der Waals surface area contributed by atoms with E-state index in [2.05, 4.69) is 0 Å². The van der Waals surface area contributed by atoms with E-state index in [9.17, 15) is 9.59 Å². The number of ether oxygens (including phenoxy) is 1. The minimum absolute atomic E-state index is 0.0397. The van der Waals surface area contributed by atoms with Crippen molar-refractivity contribution in [1.82, 2.24) is 0 Å². The van der Waals surface area contributed by atoms with Gasteiger partial charge < -0.3 is 15.6 Å². The molecule has 0 aliphatic rings. The van der Waals surface area contributed by atoms with Gasteiger partial charge in [0.2, 0.25) is 0 Å². The first kappa shape index (κ1) is 15.0. The number of hydrogen-bond donors (Lipinski definition) is 2. The minimum atomic E-state index is -1.15. The molecule has 0 spiro atoms. The molecule has 0 heterocycles. The maximum Gasteiger partial charge on any atom is 0.338 e. The lowest BCUT2D eigenvalue weighted by molar-refractivity contribution is 0.0457. The third kappa shape index (κ3) is 3.24. The van der Waals surface area contributed by atoms with Gasteiger partial charge >= 0.3 is 11.9 Å². The van der Waals surface area contributed by atoms with Crippen LogP contribution in [0.15, 0.2) is 6.07 Å². The Morgan fingerprint density at radius 3 is 2.37 bits per heavy atom. The Hall–Kier alpha value is -2.04. The molecule has 5 heteroatoms. The molecule has 0 amide bonds. The quantitative estimate of drug-likeness (QED) is 0.644. The van der Waals surface area contributed by atoms with Crippen molar-refractivity contribution >= 4 is 17.6 Å². The van der Waals surface area contributed by atoms with Gasteiger partial charge in [0.05, 0.1) is 17.7 Å². The average molecular weight is 265 g/mol. The molecule has 1 rings (SSSR count). The van der Waals surface area contributed by atoms with E-state index in [4.69, 9.17) is 15.6 Å². The third-order valence-electron chi connectivity index (χ3n) is 2.77. The fraction of sp³-hybridized carbons (Fsp3) is 0.429. The van der Waals surface area contributed by atoms with Gasteiger partial charge in [0, 0.05) is 5.69 Å². The highest BCUT2D eigenvalue weighted by molar-refractivity contribution is 6.02. The lowest BCUT2D eigenvalue weighted by Gasteiger charge is -2.14. The number of carboxylic acids is 1. The number of hydrogen-bond acceptors (Lipinski definition) is 4. The van der Waals surface area contributed by atoms with E-state index in [-0.39, 0.29) is 22.7 Å². The van der Waals surface area contributed by atoms with Gasteiger partial charge in [0.1, 0.15) is 0 Å². The van der Waals surface area contributed by atoms with Gasteiger partial charge in [-0.15, -0.1) is 0 Å². The Labute approximate surface area is 112 Å². The largest absolute Gasteiger partial charge is 0.478 e. The highest BCUT2D eigenvalue weighted by Gasteiger charge is 2.22. The van der Waals surface area contributed by atoms with Crippen LogP contribution in [0, 0.1) is 19.8 Å². The van der Waals surface area contributed by atoms with E-state index in [1.54, 1.807) is 13.8 Å². The fourth-order valence-corrected chi connectivity index (χ4v) is 1.93. The number of carbonyl (C=O) groups excluding carboxylic acids is 1. The molecule has 0 saturated heterocycles. The van der Waals surface area contributed by atoms with Crippen LogP contribution in [0.25, 0.3) is 0 Å². The molecule has 104 valence electrons. The lowest BCUT2D eigenvalue weighted by Crippen LogP contribution is -2.16. The SMILES string of the molecule is Cc1cc(N)c(C(=O)O)c(C)c1C(=O)OCC(C)C. The van der Waals surface area contributed by atoms with Crippen molar-refractivity contribution in [3.8, 4) is 0 Å². The zero-order valence-electron chi connectivity index (χ0n) is 11.6. The summed E-state index contributed by atoms with van der Waals surface area (Å²) in [6.45, 7) is 7.43. The topological polar surface area (TPSA) is 89.6 Å². The van der Waals surface area contributed by atoms with Crippen molar-refractivity contribution in [3.05, 3.63) is 28.3 Å². The molecular formula is C14H19NO4. The number of carboxylic acid groups (broad SMARTS) is 1. The number of nitrogens with two attached hydrogens (primary N) is 1. The molecule has 0 aliphatic carbocycles. The monoisotopic (exact) mass is 265 g/mol. The predicted octanol–water partition coefficient (Wildman–Crippen LogP) is 2.40. The Morgan fingerprint density at radius 2 is 1.89 bits per heavy atom.